The second kappa shape index (κ2) is 10.6. The van der Waals surface area contributed by atoms with Gasteiger partial charge in [-0.3, -0.25) is 14.5 Å². The maximum absolute atomic E-state index is 12.7. The molecule has 0 radical (unpaired) electrons. The molecule has 2 N–H and O–H groups in total. The monoisotopic (exact) mass is 478 g/mol. The zero-order valence-corrected chi connectivity index (χ0v) is 20.3. The quantitative estimate of drug-likeness (QED) is 0.643. The fourth-order valence-corrected chi connectivity index (χ4v) is 5.28. The topological polar surface area (TPSA) is 83.1 Å². The molecule has 2 aromatic rings. The van der Waals surface area contributed by atoms with Crippen LogP contribution in [-0.2, 0) is 16.0 Å². The fraction of sp³-hybridized carbons (Fsp3) is 0.481. The third-order valence-corrected chi connectivity index (χ3v) is 7.13. The van der Waals surface area contributed by atoms with Gasteiger partial charge in [0.25, 0.3) is 0 Å². The lowest BCUT2D eigenvalue weighted by Gasteiger charge is -2.36. The second-order valence-corrected chi connectivity index (χ2v) is 9.55. The lowest BCUT2D eigenvalue weighted by atomic mass is 9.95. The molecule has 3 aliphatic rings. The zero-order valence-electron chi connectivity index (χ0n) is 20.3. The van der Waals surface area contributed by atoms with Crippen molar-refractivity contribution in [2.24, 2.45) is 0 Å². The van der Waals surface area contributed by atoms with Gasteiger partial charge in [-0.15, -0.1) is 0 Å². The summed E-state index contributed by atoms with van der Waals surface area (Å²) >= 11 is 0. The molecule has 186 valence electrons. The summed E-state index contributed by atoms with van der Waals surface area (Å²) in [5.41, 5.74) is 4.36. The van der Waals surface area contributed by atoms with Gasteiger partial charge in [-0.2, -0.15) is 0 Å². The van der Waals surface area contributed by atoms with Crippen LogP contribution in [0.5, 0.6) is 11.5 Å². The maximum atomic E-state index is 12.7. The van der Waals surface area contributed by atoms with Crippen LogP contribution in [0.15, 0.2) is 36.4 Å². The van der Waals surface area contributed by atoms with Gasteiger partial charge < -0.3 is 25.0 Å². The Morgan fingerprint density at radius 1 is 0.914 bits per heavy atom. The standard InChI is InChI=1S/C27H34N4O4/c1-30-11-5-6-19-16-20(7-9-22(19)30)23(31-12-3-2-4-13-31)18-28-26(32)27(33)29-21-8-10-24-25(17-21)35-15-14-34-24/h7-10,16-17,23H,2-6,11-15,18H2,1H3,(H,28,32)(H,29,33)/t23-/m0/s1. The van der Waals surface area contributed by atoms with E-state index in [9.17, 15) is 9.59 Å². The predicted molar refractivity (Wildman–Crippen MR) is 135 cm³/mol. The molecule has 0 spiro atoms. The molecule has 0 bridgehead atoms. The van der Waals surface area contributed by atoms with Gasteiger partial charge in [0, 0.05) is 37.6 Å². The first kappa shape index (κ1) is 23.5. The first-order valence-corrected chi connectivity index (χ1v) is 12.7. The minimum Gasteiger partial charge on any atom is -0.486 e. The molecule has 5 rings (SSSR count). The first-order chi connectivity index (χ1) is 17.1. The average molecular weight is 479 g/mol. The summed E-state index contributed by atoms with van der Waals surface area (Å²) < 4.78 is 11.1. The highest BCUT2D eigenvalue weighted by atomic mass is 16.6. The third-order valence-electron chi connectivity index (χ3n) is 7.13. The van der Waals surface area contributed by atoms with Gasteiger partial charge in [0.15, 0.2) is 11.5 Å². The van der Waals surface area contributed by atoms with Crippen molar-refractivity contribution in [2.75, 3.05) is 56.7 Å². The predicted octanol–water partition coefficient (Wildman–Crippen LogP) is 3.12. The summed E-state index contributed by atoms with van der Waals surface area (Å²) in [4.78, 5) is 30.1. The Hall–Kier alpha value is -3.26. The number of nitrogens with one attached hydrogen (secondary N) is 2. The Bertz CT molecular complexity index is 1080. The van der Waals surface area contributed by atoms with Crippen LogP contribution in [0.1, 0.15) is 42.9 Å². The molecule has 2 amide bonds. The minimum atomic E-state index is -0.689. The van der Waals surface area contributed by atoms with Crippen molar-refractivity contribution in [1.82, 2.24) is 10.2 Å². The van der Waals surface area contributed by atoms with Gasteiger partial charge in [-0.25, -0.2) is 0 Å². The van der Waals surface area contributed by atoms with Crippen LogP contribution in [0.25, 0.3) is 0 Å². The van der Waals surface area contributed by atoms with Gasteiger partial charge in [0.1, 0.15) is 13.2 Å². The van der Waals surface area contributed by atoms with Crippen molar-refractivity contribution in [1.29, 1.82) is 0 Å². The molecule has 1 fully saturated rings. The highest BCUT2D eigenvalue weighted by Gasteiger charge is 2.26. The van der Waals surface area contributed by atoms with Crippen molar-refractivity contribution >= 4 is 23.2 Å². The van der Waals surface area contributed by atoms with Gasteiger partial charge >= 0.3 is 11.8 Å². The van der Waals surface area contributed by atoms with Crippen LogP contribution < -0.4 is 25.0 Å². The van der Waals surface area contributed by atoms with Gasteiger partial charge in [0.05, 0.1) is 6.04 Å². The molecule has 8 heteroatoms. The molecule has 35 heavy (non-hydrogen) atoms. The third kappa shape index (κ3) is 5.37. The van der Waals surface area contributed by atoms with E-state index in [-0.39, 0.29) is 6.04 Å². The van der Waals surface area contributed by atoms with Crippen LogP contribution in [0.4, 0.5) is 11.4 Å². The number of ether oxygens (including phenoxy) is 2. The molecular formula is C27H34N4O4. The molecule has 0 aliphatic carbocycles. The highest BCUT2D eigenvalue weighted by Crippen LogP contribution is 2.33. The SMILES string of the molecule is CN1CCCc2cc([C@H](CNC(=O)C(=O)Nc3ccc4c(c3)OCCO4)N3CCCCC3)ccc21. The van der Waals surface area contributed by atoms with Crippen LogP contribution >= 0.6 is 0 Å². The number of aryl methyl sites for hydroxylation is 1. The number of anilines is 2. The van der Waals surface area contributed by atoms with E-state index >= 15 is 0 Å². The second-order valence-electron chi connectivity index (χ2n) is 9.55. The summed E-state index contributed by atoms with van der Waals surface area (Å²) in [5, 5.41) is 5.57. The van der Waals surface area contributed by atoms with E-state index in [1.54, 1.807) is 18.2 Å². The summed E-state index contributed by atoms with van der Waals surface area (Å²) in [6.45, 7) is 4.43. The number of carbonyl (C=O) groups excluding carboxylic acids is 2. The average Bonchev–Trinajstić information content (AvgIpc) is 2.89. The Morgan fingerprint density at radius 2 is 1.71 bits per heavy atom. The fourth-order valence-electron chi connectivity index (χ4n) is 5.28. The Balaban J connectivity index is 1.26. The van der Waals surface area contributed by atoms with Crippen LogP contribution in [-0.4, -0.2) is 63.2 Å². The number of piperidine rings is 1. The van der Waals surface area contributed by atoms with E-state index in [0.29, 0.717) is 36.9 Å². The summed E-state index contributed by atoms with van der Waals surface area (Å²) in [5.74, 6) is -0.122. The van der Waals surface area contributed by atoms with Crippen LogP contribution in [0.3, 0.4) is 0 Å². The lowest BCUT2D eigenvalue weighted by molar-refractivity contribution is -0.136. The molecule has 3 aliphatic heterocycles. The number of hydrogen-bond acceptors (Lipinski definition) is 6. The molecule has 0 saturated carbocycles. The van der Waals surface area contributed by atoms with E-state index in [2.05, 4.69) is 45.7 Å². The normalized spacial score (nSPS) is 18.4. The molecule has 2 aromatic carbocycles. The van der Waals surface area contributed by atoms with E-state index in [4.69, 9.17) is 9.47 Å². The van der Waals surface area contributed by atoms with Gasteiger partial charge in [-0.1, -0.05) is 18.6 Å². The number of carbonyl (C=O) groups is 2. The van der Waals surface area contributed by atoms with E-state index in [1.165, 1.54) is 23.2 Å². The number of likely N-dealkylation sites (tertiary alicyclic amines) is 1. The molecule has 3 heterocycles. The summed E-state index contributed by atoms with van der Waals surface area (Å²) in [7, 11) is 2.14. The number of fused-ring (bicyclic) bond motifs is 2. The highest BCUT2D eigenvalue weighted by molar-refractivity contribution is 6.39. The number of nitrogens with zero attached hydrogens (tertiary/aromatic N) is 2. The van der Waals surface area contributed by atoms with Gasteiger partial charge in [-0.05, 0) is 68.1 Å². The van der Waals surface area contributed by atoms with Crippen molar-refractivity contribution in [2.45, 2.75) is 38.1 Å². The van der Waals surface area contributed by atoms with Crippen LogP contribution in [0, 0.1) is 0 Å². The first-order valence-electron chi connectivity index (χ1n) is 12.7. The van der Waals surface area contributed by atoms with Crippen LogP contribution in [0.2, 0.25) is 0 Å². The molecular weight excluding hydrogens is 444 g/mol. The van der Waals surface area contributed by atoms with E-state index < -0.39 is 11.8 Å². The van der Waals surface area contributed by atoms with E-state index in [0.717, 1.165) is 45.3 Å². The minimum absolute atomic E-state index is 0.0406. The number of hydrogen-bond donors (Lipinski definition) is 2. The van der Waals surface area contributed by atoms with Gasteiger partial charge in [0.2, 0.25) is 0 Å². The molecule has 1 saturated heterocycles. The Kier molecular flexibility index (Phi) is 7.08. The van der Waals surface area contributed by atoms with Crippen molar-refractivity contribution in [3.8, 4) is 11.5 Å². The van der Waals surface area contributed by atoms with Crippen molar-refractivity contribution in [3.63, 3.8) is 0 Å². The summed E-state index contributed by atoms with van der Waals surface area (Å²) in [6, 6.07) is 11.9. The lowest BCUT2D eigenvalue weighted by Crippen LogP contribution is -2.43. The molecule has 8 nitrogen and oxygen atoms in total. The maximum Gasteiger partial charge on any atom is 0.313 e. The molecule has 0 aromatic heterocycles. The summed E-state index contributed by atoms with van der Waals surface area (Å²) in [6.07, 6.45) is 5.77. The van der Waals surface area contributed by atoms with Crippen molar-refractivity contribution < 1.29 is 19.1 Å². The zero-order chi connectivity index (χ0) is 24.2. The smallest absolute Gasteiger partial charge is 0.313 e. The largest absolute Gasteiger partial charge is 0.486 e. The number of amides is 2. The Labute approximate surface area is 206 Å². The number of rotatable bonds is 5. The molecule has 1 atom stereocenters. The van der Waals surface area contributed by atoms with Crippen molar-refractivity contribution in [3.05, 3.63) is 47.5 Å². The van der Waals surface area contributed by atoms with E-state index in [1.807, 2.05) is 0 Å². The molecule has 0 unspecified atom stereocenters. The Morgan fingerprint density at radius 3 is 2.54 bits per heavy atom. The number of benzene rings is 2.